The average molecular weight is 351 g/mol. The maximum Gasteiger partial charge on any atom is 0.200 e. The van der Waals surface area contributed by atoms with Crippen LogP contribution in [-0.4, -0.2) is 15.3 Å². The summed E-state index contributed by atoms with van der Waals surface area (Å²) in [6, 6.07) is 1.63. The third-order valence-electron chi connectivity index (χ3n) is 4.68. The van der Waals surface area contributed by atoms with E-state index in [9.17, 15) is 15.3 Å². The summed E-state index contributed by atoms with van der Waals surface area (Å²) in [6.45, 7) is 13.4. The molecular weight excluding hydrogens is 312 g/mol. The highest BCUT2D eigenvalue weighted by molar-refractivity contribution is 5.57. The van der Waals surface area contributed by atoms with Gasteiger partial charge in [0.1, 0.15) is 0 Å². The highest BCUT2D eigenvalue weighted by Crippen LogP contribution is 2.41. The first-order chi connectivity index (χ1) is 11.4. The van der Waals surface area contributed by atoms with Gasteiger partial charge in [-0.05, 0) is 61.0 Å². The number of hydrogen-bond donors (Lipinski definition) is 3. The summed E-state index contributed by atoms with van der Waals surface area (Å²) in [5.74, 6) is -0.743. The maximum atomic E-state index is 10.3. The van der Waals surface area contributed by atoms with Crippen LogP contribution in [0.15, 0.2) is 6.07 Å². The second-order valence-corrected chi connectivity index (χ2v) is 9.77. The molecule has 0 spiro atoms. The third kappa shape index (κ3) is 8.02. The molecule has 1 aromatic carbocycles. The second-order valence-electron chi connectivity index (χ2n) is 9.77. The van der Waals surface area contributed by atoms with E-state index in [1.165, 1.54) is 0 Å². The molecule has 3 nitrogen and oxygen atoms in total. The lowest BCUT2D eigenvalue weighted by molar-refractivity contribution is 0.353. The molecule has 0 radical (unpaired) electrons. The smallest absolute Gasteiger partial charge is 0.200 e. The Morgan fingerprint density at radius 1 is 0.680 bits per heavy atom. The highest BCUT2D eigenvalue weighted by atomic mass is 16.3. The van der Waals surface area contributed by atoms with Crippen LogP contribution in [0.2, 0.25) is 0 Å². The van der Waals surface area contributed by atoms with Gasteiger partial charge in [-0.1, -0.05) is 54.4 Å². The molecule has 0 amide bonds. The SMILES string of the molecule is CC(C)(C)CCCCc1cc(O)c(O)c(O)c1CCCCC(C)(C)C. The van der Waals surface area contributed by atoms with Gasteiger partial charge >= 0.3 is 0 Å². The first-order valence-electron chi connectivity index (χ1n) is 9.66. The van der Waals surface area contributed by atoms with Crippen molar-refractivity contribution in [3.8, 4) is 17.2 Å². The summed E-state index contributed by atoms with van der Waals surface area (Å²) in [4.78, 5) is 0. The number of unbranched alkanes of at least 4 members (excludes halogenated alkanes) is 2. The Bertz CT molecular complexity index is 548. The monoisotopic (exact) mass is 350 g/mol. The Kier molecular flexibility index (Phi) is 7.64. The van der Waals surface area contributed by atoms with Crippen molar-refractivity contribution in [2.45, 2.75) is 92.9 Å². The Hall–Kier alpha value is -1.38. The van der Waals surface area contributed by atoms with Crippen molar-refractivity contribution in [1.82, 2.24) is 0 Å². The Balaban J connectivity index is 2.74. The number of phenols is 3. The van der Waals surface area contributed by atoms with E-state index in [1.807, 2.05) is 0 Å². The lowest BCUT2D eigenvalue weighted by Crippen LogP contribution is -2.05. The van der Waals surface area contributed by atoms with E-state index in [0.717, 1.165) is 62.5 Å². The van der Waals surface area contributed by atoms with E-state index < -0.39 is 0 Å². The third-order valence-corrected chi connectivity index (χ3v) is 4.68. The summed E-state index contributed by atoms with van der Waals surface area (Å²) < 4.78 is 0. The van der Waals surface area contributed by atoms with Crippen LogP contribution >= 0.6 is 0 Å². The molecule has 0 fully saturated rings. The van der Waals surface area contributed by atoms with Gasteiger partial charge in [0.2, 0.25) is 5.75 Å². The summed E-state index contributed by atoms with van der Waals surface area (Å²) in [5.41, 5.74) is 2.42. The summed E-state index contributed by atoms with van der Waals surface area (Å²) in [7, 11) is 0. The zero-order valence-electron chi connectivity index (χ0n) is 17.1. The van der Waals surface area contributed by atoms with Crippen LogP contribution in [0.25, 0.3) is 0 Å². The minimum Gasteiger partial charge on any atom is -0.504 e. The molecule has 0 unspecified atom stereocenters. The quantitative estimate of drug-likeness (QED) is 0.380. The Labute approximate surface area is 154 Å². The molecule has 0 aliphatic carbocycles. The number of hydrogen-bond acceptors (Lipinski definition) is 3. The van der Waals surface area contributed by atoms with Gasteiger partial charge in [0.25, 0.3) is 0 Å². The summed E-state index contributed by atoms with van der Waals surface area (Å²) in [5, 5.41) is 30.0. The fourth-order valence-electron chi connectivity index (χ4n) is 3.17. The van der Waals surface area contributed by atoms with Crippen LogP contribution in [-0.2, 0) is 12.8 Å². The fourth-order valence-corrected chi connectivity index (χ4v) is 3.17. The summed E-state index contributed by atoms with van der Waals surface area (Å²) >= 11 is 0. The van der Waals surface area contributed by atoms with Crippen LogP contribution in [0.4, 0.5) is 0 Å². The van der Waals surface area contributed by atoms with Gasteiger partial charge in [0.15, 0.2) is 11.5 Å². The van der Waals surface area contributed by atoms with Crippen molar-refractivity contribution >= 4 is 0 Å². The fraction of sp³-hybridized carbons (Fsp3) is 0.727. The zero-order valence-corrected chi connectivity index (χ0v) is 17.1. The first-order valence-corrected chi connectivity index (χ1v) is 9.66. The van der Waals surface area contributed by atoms with Crippen LogP contribution in [0.3, 0.4) is 0 Å². The molecule has 0 heterocycles. The molecule has 1 rings (SSSR count). The van der Waals surface area contributed by atoms with Crippen molar-refractivity contribution in [2.24, 2.45) is 10.8 Å². The molecule has 25 heavy (non-hydrogen) atoms. The van der Waals surface area contributed by atoms with Gasteiger partial charge in [-0.25, -0.2) is 0 Å². The van der Waals surface area contributed by atoms with Crippen LogP contribution in [0.5, 0.6) is 17.2 Å². The first kappa shape index (κ1) is 21.7. The second kappa shape index (κ2) is 8.82. The number of rotatable bonds is 8. The van der Waals surface area contributed by atoms with E-state index in [4.69, 9.17) is 0 Å². The number of aromatic hydroxyl groups is 3. The zero-order chi connectivity index (χ0) is 19.3. The predicted molar refractivity (Wildman–Crippen MR) is 105 cm³/mol. The topological polar surface area (TPSA) is 60.7 Å². The van der Waals surface area contributed by atoms with Crippen molar-refractivity contribution in [3.63, 3.8) is 0 Å². The Morgan fingerprint density at radius 3 is 1.64 bits per heavy atom. The summed E-state index contributed by atoms with van der Waals surface area (Å²) in [6.07, 6.45) is 8.07. The molecule has 0 saturated heterocycles. The molecule has 0 atom stereocenters. The van der Waals surface area contributed by atoms with E-state index in [-0.39, 0.29) is 17.2 Å². The molecule has 144 valence electrons. The molecule has 3 N–H and O–H groups in total. The number of phenolic OH excluding ortho intramolecular Hbond substituents is 3. The van der Waals surface area contributed by atoms with Crippen LogP contribution in [0, 0.1) is 10.8 Å². The molecule has 1 aromatic rings. The molecule has 0 aliphatic heterocycles. The van der Waals surface area contributed by atoms with E-state index in [0.29, 0.717) is 10.8 Å². The normalized spacial score (nSPS) is 12.6. The predicted octanol–water partition coefficient (Wildman–Crippen LogP) is 6.32. The molecule has 0 saturated carbocycles. The molecule has 0 aromatic heterocycles. The van der Waals surface area contributed by atoms with Gasteiger partial charge in [-0.2, -0.15) is 0 Å². The van der Waals surface area contributed by atoms with Crippen molar-refractivity contribution in [2.75, 3.05) is 0 Å². The van der Waals surface area contributed by atoms with Crippen molar-refractivity contribution in [3.05, 3.63) is 17.2 Å². The van der Waals surface area contributed by atoms with Gasteiger partial charge in [0, 0.05) is 5.56 Å². The lowest BCUT2D eigenvalue weighted by Gasteiger charge is -2.19. The highest BCUT2D eigenvalue weighted by Gasteiger charge is 2.18. The van der Waals surface area contributed by atoms with Crippen LogP contribution in [0.1, 0.15) is 91.2 Å². The van der Waals surface area contributed by atoms with Gasteiger partial charge in [-0.3, -0.25) is 0 Å². The number of aryl methyl sites for hydroxylation is 1. The van der Waals surface area contributed by atoms with Crippen LogP contribution < -0.4 is 0 Å². The van der Waals surface area contributed by atoms with Gasteiger partial charge < -0.3 is 15.3 Å². The van der Waals surface area contributed by atoms with Crippen molar-refractivity contribution in [1.29, 1.82) is 0 Å². The minimum absolute atomic E-state index is 0.137. The van der Waals surface area contributed by atoms with Crippen molar-refractivity contribution < 1.29 is 15.3 Å². The largest absolute Gasteiger partial charge is 0.504 e. The standard InChI is InChI=1S/C22H38O3/c1-21(2,3)13-9-7-11-16-15-18(23)20(25)19(24)17(16)12-8-10-14-22(4,5)6/h15,23-25H,7-14H2,1-6H3. The van der Waals surface area contributed by atoms with E-state index in [1.54, 1.807) is 6.07 Å². The number of benzene rings is 1. The molecular formula is C22H38O3. The minimum atomic E-state index is -0.385. The van der Waals surface area contributed by atoms with E-state index >= 15 is 0 Å². The maximum absolute atomic E-state index is 10.3. The average Bonchev–Trinajstić information content (AvgIpc) is 2.46. The molecule has 3 heteroatoms. The molecule has 0 bridgehead atoms. The Morgan fingerprint density at radius 2 is 1.16 bits per heavy atom. The van der Waals surface area contributed by atoms with E-state index in [2.05, 4.69) is 41.5 Å². The van der Waals surface area contributed by atoms with Gasteiger partial charge in [0.05, 0.1) is 0 Å². The lowest BCUT2D eigenvalue weighted by atomic mass is 9.87. The van der Waals surface area contributed by atoms with Gasteiger partial charge in [-0.15, -0.1) is 0 Å². The molecule has 0 aliphatic rings.